The summed E-state index contributed by atoms with van der Waals surface area (Å²) in [5.74, 6) is 0.973. The summed E-state index contributed by atoms with van der Waals surface area (Å²) in [6.45, 7) is 4.26. The summed E-state index contributed by atoms with van der Waals surface area (Å²) in [7, 11) is 3.67. The minimum atomic E-state index is 0.897. The molecular weight excluding hydrogens is 234 g/mol. The molecule has 0 spiro atoms. The molecule has 0 bridgehead atoms. The summed E-state index contributed by atoms with van der Waals surface area (Å²) in [6, 6.07) is 12.8. The van der Waals surface area contributed by atoms with E-state index < -0.39 is 0 Å². The highest BCUT2D eigenvalue weighted by Gasteiger charge is 2.07. The fourth-order valence-electron chi connectivity index (χ4n) is 2.19. The highest BCUT2D eigenvalue weighted by Crippen LogP contribution is 2.25. The zero-order chi connectivity index (χ0) is 13.8. The van der Waals surface area contributed by atoms with Crippen molar-refractivity contribution in [3.63, 3.8) is 0 Å². The summed E-state index contributed by atoms with van der Waals surface area (Å²) >= 11 is 0. The molecule has 0 radical (unpaired) electrons. The first-order valence-electron chi connectivity index (χ1n) is 6.55. The van der Waals surface area contributed by atoms with Gasteiger partial charge in [0.2, 0.25) is 0 Å². The van der Waals surface area contributed by atoms with Gasteiger partial charge in [-0.25, -0.2) is 0 Å². The zero-order valence-electron chi connectivity index (χ0n) is 12.1. The molecule has 0 atom stereocenters. The third kappa shape index (κ3) is 3.08. The first kappa shape index (κ1) is 13.5. The average molecular weight is 255 g/mol. The summed E-state index contributed by atoms with van der Waals surface area (Å²) in [5.41, 5.74) is 6.24. The molecule has 0 amide bonds. The average Bonchev–Trinajstić information content (AvgIpc) is 2.43. The van der Waals surface area contributed by atoms with Gasteiger partial charge >= 0.3 is 0 Å². The van der Waals surface area contributed by atoms with Crippen LogP contribution in [0.25, 0.3) is 0 Å². The molecule has 19 heavy (non-hydrogen) atoms. The first-order chi connectivity index (χ1) is 9.13. The minimum absolute atomic E-state index is 0.897. The van der Waals surface area contributed by atoms with Gasteiger partial charge < -0.3 is 10.1 Å². The summed E-state index contributed by atoms with van der Waals surface area (Å²) in [5, 5.41) is 3.13. The Kier molecular flexibility index (Phi) is 4.10. The Morgan fingerprint density at radius 1 is 1.00 bits per heavy atom. The molecule has 2 aromatic rings. The number of nitrogens with one attached hydrogen (secondary N) is 1. The Morgan fingerprint density at radius 2 is 1.63 bits per heavy atom. The second-order valence-corrected chi connectivity index (χ2v) is 4.87. The molecule has 0 saturated heterocycles. The standard InChI is InChI=1S/C17H21NO/c1-12-9-15(17(19-4)10-13(12)2)11-14-5-7-16(18-3)8-6-14/h5-10,18H,11H2,1-4H3. The smallest absolute Gasteiger partial charge is 0.122 e. The third-order valence-electron chi connectivity index (χ3n) is 3.53. The van der Waals surface area contributed by atoms with Crippen LogP contribution in [0.5, 0.6) is 5.75 Å². The van der Waals surface area contributed by atoms with Crippen LogP contribution in [0.1, 0.15) is 22.3 Å². The summed E-state index contributed by atoms with van der Waals surface area (Å²) < 4.78 is 5.49. The maximum absolute atomic E-state index is 5.49. The Balaban J connectivity index is 2.28. The fourth-order valence-corrected chi connectivity index (χ4v) is 2.19. The van der Waals surface area contributed by atoms with Gasteiger partial charge in [-0.2, -0.15) is 0 Å². The van der Waals surface area contributed by atoms with Crippen LogP contribution in [-0.4, -0.2) is 14.2 Å². The van der Waals surface area contributed by atoms with Crippen molar-refractivity contribution in [3.8, 4) is 5.75 Å². The molecule has 1 N–H and O–H groups in total. The molecule has 0 aliphatic heterocycles. The van der Waals surface area contributed by atoms with Crippen LogP contribution in [0.4, 0.5) is 5.69 Å². The van der Waals surface area contributed by atoms with Crippen LogP contribution in [0, 0.1) is 13.8 Å². The Labute approximate surface area is 115 Å². The van der Waals surface area contributed by atoms with Crippen LogP contribution < -0.4 is 10.1 Å². The molecule has 2 aromatic carbocycles. The Bertz CT molecular complexity index is 558. The van der Waals surface area contributed by atoms with Crippen LogP contribution in [0.15, 0.2) is 36.4 Å². The molecule has 0 unspecified atom stereocenters. The molecule has 0 aromatic heterocycles. The van der Waals surface area contributed by atoms with Crippen molar-refractivity contribution in [3.05, 3.63) is 58.7 Å². The van der Waals surface area contributed by atoms with E-state index in [1.807, 2.05) is 7.05 Å². The lowest BCUT2D eigenvalue weighted by molar-refractivity contribution is 0.410. The number of hydrogen-bond donors (Lipinski definition) is 1. The van der Waals surface area contributed by atoms with E-state index in [-0.39, 0.29) is 0 Å². The van der Waals surface area contributed by atoms with E-state index in [1.165, 1.54) is 22.3 Å². The van der Waals surface area contributed by atoms with Crippen LogP contribution in [-0.2, 0) is 6.42 Å². The number of benzene rings is 2. The molecular formula is C17H21NO. The van der Waals surface area contributed by atoms with E-state index in [0.717, 1.165) is 17.9 Å². The molecule has 100 valence electrons. The highest BCUT2D eigenvalue weighted by atomic mass is 16.5. The predicted molar refractivity (Wildman–Crippen MR) is 81.3 cm³/mol. The normalized spacial score (nSPS) is 10.3. The van der Waals surface area contributed by atoms with E-state index in [2.05, 4.69) is 55.6 Å². The highest BCUT2D eigenvalue weighted by molar-refractivity contribution is 5.47. The van der Waals surface area contributed by atoms with Gasteiger partial charge in [-0.1, -0.05) is 18.2 Å². The van der Waals surface area contributed by atoms with E-state index in [1.54, 1.807) is 7.11 Å². The van der Waals surface area contributed by atoms with Gasteiger partial charge in [0.1, 0.15) is 5.75 Å². The molecule has 2 nitrogen and oxygen atoms in total. The number of hydrogen-bond acceptors (Lipinski definition) is 2. The maximum Gasteiger partial charge on any atom is 0.122 e. The lowest BCUT2D eigenvalue weighted by Crippen LogP contribution is -1.97. The van der Waals surface area contributed by atoms with E-state index in [4.69, 9.17) is 4.74 Å². The number of rotatable bonds is 4. The molecule has 2 heteroatoms. The van der Waals surface area contributed by atoms with Gasteiger partial charge in [0.15, 0.2) is 0 Å². The monoisotopic (exact) mass is 255 g/mol. The Hall–Kier alpha value is -1.96. The van der Waals surface area contributed by atoms with E-state index >= 15 is 0 Å². The molecule has 0 saturated carbocycles. The van der Waals surface area contributed by atoms with Gasteiger partial charge in [0.25, 0.3) is 0 Å². The molecule has 0 heterocycles. The third-order valence-corrected chi connectivity index (χ3v) is 3.53. The second kappa shape index (κ2) is 5.79. The van der Waals surface area contributed by atoms with Crippen molar-refractivity contribution in [2.75, 3.05) is 19.5 Å². The van der Waals surface area contributed by atoms with E-state index in [9.17, 15) is 0 Å². The minimum Gasteiger partial charge on any atom is -0.496 e. The molecule has 2 rings (SSSR count). The van der Waals surface area contributed by atoms with Crippen molar-refractivity contribution in [2.45, 2.75) is 20.3 Å². The van der Waals surface area contributed by atoms with Crippen molar-refractivity contribution in [1.29, 1.82) is 0 Å². The van der Waals surface area contributed by atoms with Crippen LogP contribution >= 0.6 is 0 Å². The predicted octanol–water partition coefficient (Wildman–Crippen LogP) is 3.94. The van der Waals surface area contributed by atoms with Crippen molar-refractivity contribution in [2.24, 2.45) is 0 Å². The van der Waals surface area contributed by atoms with Gasteiger partial charge in [0, 0.05) is 19.2 Å². The first-order valence-corrected chi connectivity index (χ1v) is 6.55. The Morgan fingerprint density at radius 3 is 2.21 bits per heavy atom. The van der Waals surface area contributed by atoms with Gasteiger partial charge in [-0.05, 0) is 54.3 Å². The van der Waals surface area contributed by atoms with Crippen molar-refractivity contribution >= 4 is 5.69 Å². The molecule has 0 aliphatic carbocycles. The number of methoxy groups -OCH3 is 1. The van der Waals surface area contributed by atoms with Gasteiger partial charge in [0.05, 0.1) is 7.11 Å². The van der Waals surface area contributed by atoms with Gasteiger partial charge in [-0.15, -0.1) is 0 Å². The fraction of sp³-hybridized carbons (Fsp3) is 0.294. The number of anilines is 1. The summed E-state index contributed by atoms with van der Waals surface area (Å²) in [6.07, 6.45) is 0.897. The number of aryl methyl sites for hydroxylation is 2. The van der Waals surface area contributed by atoms with Crippen LogP contribution in [0.3, 0.4) is 0 Å². The van der Waals surface area contributed by atoms with Crippen molar-refractivity contribution < 1.29 is 4.74 Å². The van der Waals surface area contributed by atoms with Crippen molar-refractivity contribution in [1.82, 2.24) is 0 Å². The topological polar surface area (TPSA) is 21.3 Å². The van der Waals surface area contributed by atoms with E-state index in [0.29, 0.717) is 0 Å². The second-order valence-electron chi connectivity index (χ2n) is 4.87. The molecule has 0 aliphatic rings. The lowest BCUT2D eigenvalue weighted by Gasteiger charge is -2.12. The zero-order valence-corrected chi connectivity index (χ0v) is 12.1. The SMILES string of the molecule is CNc1ccc(Cc2cc(C)c(C)cc2OC)cc1. The number of ether oxygens (including phenoxy) is 1. The largest absolute Gasteiger partial charge is 0.496 e. The van der Waals surface area contributed by atoms with Crippen LogP contribution in [0.2, 0.25) is 0 Å². The summed E-state index contributed by atoms with van der Waals surface area (Å²) in [4.78, 5) is 0. The lowest BCUT2D eigenvalue weighted by atomic mass is 9.99. The van der Waals surface area contributed by atoms with Gasteiger partial charge in [-0.3, -0.25) is 0 Å². The molecule has 0 fully saturated rings. The quantitative estimate of drug-likeness (QED) is 0.893. The maximum atomic E-state index is 5.49.